The average Bonchev–Trinajstić information content (AvgIpc) is 3.50. The Bertz CT molecular complexity index is 1610. The van der Waals surface area contributed by atoms with Crippen molar-refractivity contribution < 1.29 is 28.6 Å². The number of hydrogen-bond donors (Lipinski definition) is 0. The molecule has 0 amide bonds. The number of allylic oxidation sites excluding steroid dienone is 16. The molecule has 0 aliphatic heterocycles. The minimum atomic E-state index is -0.790. The van der Waals surface area contributed by atoms with E-state index in [4.69, 9.17) is 14.2 Å². The molecule has 0 aromatic rings. The highest BCUT2D eigenvalue weighted by Crippen LogP contribution is 2.17. The molecule has 0 saturated heterocycles. The van der Waals surface area contributed by atoms with Crippen LogP contribution in [-0.2, 0) is 28.6 Å². The van der Waals surface area contributed by atoms with E-state index in [1.807, 2.05) is 0 Å². The minimum absolute atomic E-state index is 0.0840. The molecule has 0 bridgehead atoms. The highest BCUT2D eigenvalue weighted by Gasteiger charge is 2.19. The molecule has 0 spiro atoms. The predicted octanol–water partition coefficient (Wildman–Crippen LogP) is 24.8. The molecule has 0 radical (unpaired) electrons. The maximum atomic E-state index is 13.0. The van der Waals surface area contributed by atoms with Gasteiger partial charge in [-0.15, -0.1) is 0 Å². The molecule has 0 aromatic carbocycles. The van der Waals surface area contributed by atoms with Gasteiger partial charge in [-0.2, -0.15) is 0 Å². The van der Waals surface area contributed by atoms with Gasteiger partial charge in [0.15, 0.2) is 6.10 Å². The van der Waals surface area contributed by atoms with E-state index in [0.717, 1.165) is 103 Å². The summed E-state index contributed by atoms with van der Waals surface area (Å²) in [6.07, 6.45) is 95.6. The van der Waals surface area contributed by atoms with Crippen molar-refractivity contribution in [2.75, 3.05) is 13.2 Å². The van der Waals surface area contributed by atoms with Crippen LogP contribution < -0.4 is 0 Å². The second kappa shape index (κ2) is 70.8. The van der Waals surface area contributed by atoms with Crippen LogP contribution in [0, 0.1) is 0 Å². The zero-order valence-corrected chi connectivity index (χ0v) is 54.9. The summed E-state index contributed by atoms with van der Waals surface area (Å²) in [7, 11) is 0. The number of unbranched alkanes of at least 4 members (excludes halogenated alkanes) is 38. The van der Waals surface area contributed by atoms with Gasteiger partial charge in [0.25, 0.3) is 0 Å². The summed E-state index contributed by atoms with van der Waals surface area (Å²) in [4.78, 5) is 38.5. The highest BCUT2D eigenvalue weighted by atomic mass is 16.6. The maximum Gasteiger partial charge on any atom is 0.306 e. The first-order chi connectivity index (χ1) is 41.0. The Hall–Kier alpha value is -3.67. The SMILES string of the molecule is CCCCC/C=C\C/C=C\C/C=C\CCCCCCCCC(=O)OC(COC(=O)CCCCCCCCCCC/C=C\C/C=C\CCCCC)COC(=O)CCCCCCCCCCCCCC/C=C\C/C=C\C/C=C\CCCCCCC. The van der Waals surface area contributed by atoms with Crippen LogP contribution in [0.1, 0.15) is 355 Å². The molecule has 0 aromatic heterocycles. The Morgan fingerprint density at radius 2 is 0.434 bits per heavy atom. The fourth-order valence-electron chi connectivity index (χ4n) is 10.1. The van der Waals surface area contributed by atoms with Crippen molar-refractivity contribution in [1.82, 2.24) is 0 Å². The van der Waals surface area contributed by atoms with Crippen molar-refractivity contribution >= 4 is 17.9 Å². The summed E-state index contributed by atoms with van der Waals surface area (Å²) in [5, 5.41) is 0. The number of esters is 3. The normalized spacial score (nSPS) is 12.7. The topological polar surface area (TPSA) is 78.9 Å². The Kier molecular flexibility index (Phi) is 67.7. The van der Waals surface area contributed by atoms with E-state index in [-0.39, 0.29) is 31.1 Å². The lowest BCUT2D eigenvalue weighted by Crippen LogP contribution is -2.30. The summed E-state index contributed by atoms with van der Waals surface area (Å²) < 4.78 is 17.0. The number of rotatable bonds is 65. The van der Waals surface area contributed by atoms with Crippen molar-refractivity contribution in [2.24, 2.45) is 0 Å². The van der Waals surface area contributed by atoms with Gasteiger partial charge in [0.1, 0.15) is 13.2 Å². The summed E-state index contributed by atoms with van der Waals surface area (Å²) in [5.74, 6) is -0.887. The van der Waals surface area contributed by atoms with Crippen LogP contribution in [-0.4, -0.2) is 37.2 Å². The smallest absolute Gasteiger partial charge is 0.306 e. The van der Waals surface area contributed by atoms with Crippen LogP contribution in [0.3, 0.4) is 0 Å². The van der Waals surface area contributed by atoms with Crippen molar-refractivity contribution in [3.05, 3.63) is 97.2 Å². The largest absolute Gasteiger partial charge is 0.462 e. The average molecular weight is 1160 g/mol. The molecule has 478 valence electrons. The molecular weight excluding hydrogens is 1020 g/mol. The van der Waals surface area contributed by atoms with Gasteiger partial charge in [0.05, 0.1) is 0 Å². The minimum Gasteiger partial charge on any atom is -0.462 e. The lowest BCUT2D eigenvalue weighted by molar-refractivity contribution is -0.167. The zero-order chi connectivity index (χ0) is 59.9. The van der Waals surface area contributed by atoms with E-state index < -0.39 is 6.10 Å². The van der Waals surface area contributed by atoms with E-state index in [1.54, 1.807) is 0 Å². The summed E-state index contributed by atoms with van der Waals surface area (Å²) in [6, 6.07) is 0. The van der Waals surface area contributed by atoms with Gasteiger partial charge in [-0.25, -0.2) is 0 Å². The number of carbonyl (C=O) groups excluding carboxylic acids is 3. The second-order valence-electron chi connectivity index (χ2n) is 23.8. The van der Waals surface area contributed by atoms with Gasteiger partial charge in [0.2, 0.25) is 0 Å². The van der Waals surface area contributed by atoms with Crippen LogP contribution in [0.4, 0.5) is 0 Å². The summed E-state index contributed by atoms with van der Waals surface area (Å²) in [5.41, 5.74) is 0. The van der Waals surface area contributed by atoms with E-state index in [2.05, 4.69) is 118 Å². The molecule has 0 N–H and O–H groups in total. The van der Waals surface area contributed by atoms with Crippen molar-refractivity contribution in [3.8, 4) is 0 Å². The molecule has 83 heavy (non-hydrogen) atoms. The second-order valence-corrected chi connectivity index (χ2v) is 23.8. The van der Waals surface area contributed by atoms with Crippen LogP contribution in [0.5, 0.6) is 0 Å². The van der Waals surface area contributed by atoms with Crippen LogP contribution >= 0.6 is 0 Å². The molecule has 1 unspecified atom stereocenters. The standard InChI is InChI=1S/C77H134O6/c1-4-7-10-13-16-19-22-25-28-31-34-35-36-37-38-39-40-41-44-46-49-52-55-58-61-64-67-70-76(79)82-73-74(83-77(80)71-68-65-62-59-56-53-50-47-43-33-30-27-24-21-18-15-12-9-6-3)72-81-75(78)69-66-63-60-57-54-51-48-45-42-32-29-26-23-20-17-14-11-8-5-2/h17-18,20-22,25-27,29-31,34,36-37,43,47,74H,4-16,19,23-24,28,32-33,35,38-42,44-46,48-73H2,1-3H3/b20-17-,21-18-,25-22-,29-26-,30-27-,34-31-,37-36-,47-43-. The first-order valence-electron chi connectivity index (χ1n) is 35.7. The molecule has 6 nitrogen and oxygen atoms in total. The van der Waals surface area contributed by atoms with Crippen molar-refractivity contribution in [3.63, 3.8) is 0 Å². The molecule has 0 aliphatic rings. The van der Waals surface area contributed by atoms with Gasteiger partial charge in [0, 0.05) is 19.3 Å². The quantitative estimate of drug-likeness (QED) is 0.0261. The molecule has 6 heteroatoms. The monoisotopic (exact) mass is 1160 g/mol. The van der Waals surface area contributed by atoms with Crippen LogP contribution in [0.25, 0.3) is 0 Å². The lowest BCUT2D eigenvalue weighted by Gasteiger charge is -2.18. The third kappa shape index (κ3) is 69.0. The first kappa shape index (κ1) is 79.3. The number of hydrogen-bond acceptors (Lipinski definition) is 6. The third-order valence-corrected chi connectivity index (χ3v) is 15.5. The van der Waals surface area contributed by atoms with Gasteiger partial charge < -0.3 is 14.2 Å². The zero-order valence-electron chi connectivity index (χ0n) is 54.9. The number of carbonyl (C=O) groups is 3. The van der Waals surface area contributed by atoms with Gasteiger partial charge in [-0.1, -0.05) is 304 Å². The fourth-order valence-corrected chi connectivity index (χ4v) is 10.1. The third-order valence-electron chi connectivity index (χ3n) is 15.5. The fraction of sp³-hybridized carbons (Fsp3) is 0.753. The Morgan fingerprint density at radius 3 is 0.699 bits per heavy atom. The Morgan fingerprint density at radius 1 is 0.241 bits per heavy atom. The predicted molar refractivity (Wildman–Crippen MR) is 362 cm³/mol. The van der Waals surface area contributed by atoms with Crippen LogP contribution in [0.2, 0.25) is 0 Å². The van der Waals surface area contributed by atoms with Crippen molar-refractivity contribution in [2.45, 2.75) is 361 Å². The molecule has 0 rings (SSSR count). The molecular formula is C77H134O6. The first-order valence-corrected chi connectivity index (χ1v) is 35.7. The van der Waals surface area contributed by atoms with E-state index in [1.165, 1.54) is 212 Å². The van der Waals surface area contributed by atoms with E-state index in [0.29, 0.717) is 19.3 Å². The Balaban J connectivity index is 4.36. The van der Waals surface area contributed by atoms with Crippen molar-refractivity contribution in [1.29, 1.82) is 0 Å². The summed E-state index contributed by atoms with van der Waals surface area (Å²) >= 11 is 0. The number of ether oxygens (including phenoxy) is 3. The van der Waals surface area contributed by atoms with Gasteiger partial charge >= 0.3 is 17.9 Å². The molecule has 0 saturated carbocycles. The molecule has 1 atom stereocenters. The maximum absolute atomic E-state index is 13.0. The van der Waals surface area contributed by atoms with Gasteiger partial charge in [-0.3, -0.25) is 14.4 Å². The molecule has 0 aliphatic carbocycles. The van der Waals surface area contributed by atoms with E-state index >= 15 is 0 Å². The molecule has 0 heterocycles. The summed E-state index contributed by atoms with van der Waals surface area (Å²) in [6.45, 7) is 6.60. The van der Waals surface area contributed by atoms with Gasteiger partial charge in [-0.05, 0) is 128 Å². The highest BCUT2D eigenvalue weighted by molar-refractivity contribution is 5.71. The molecule has 0 fully saturated rings. The Labute approximate surface area is 515 Å². The lowest BCUT2D eigenvalue weighted by atomic mass is 10.0. The van der Waals surface area contributed by atoms with E-state index in [9.17, 15) is 14.4 Å². The van der Waals surface area contributed by atoms with Crippen LogP contribution in [0.15, 0.2) is 97.2 Å².